The van der Waals surface area contributed by atoms with Crippen LogP contribution in [0.5, 0.6) is 5.75 Å². The van der Waals surface area contributed by atoms with Gasteiger partial charge in [0, 0.05) is 13.1 Å². The number of ether oxygens (including phenoxy) is 1. The molecule has 1 aromatic carbocycles. The molecule has 0 bridgehead atoms. The van der Waals surface area contributed by atoms with E-state index in [0.29, 0.717) is 11.3 Å². The third-order valence-corrected chi connectivity index (χ3v) is 3.62. The number of carbonyl (C=O) groups is 2. The molecule has 1 aromatic rings. The smallest absolute Gasteiger partial charge is 0.409 e. The molecule has 1 aliphatic heterocycles. The second-order valence-corrected chi connectivity index (χ2v) is 5.23. The highest BCUT2D eigenvalue weighted by molar-refractivity contribution is 5.82. The number of carbonyl (C=O) groups excluding carboxylic acids is 2. The van der Waals surface area contributed by atoms with Gasteiger partial charge in [-0.2, -0.15) is 13.2 Å². The number of halogens is 3. The normalized spacial score (nSPS) is 19.0. The number of nitrogens with zero attached hydrogens (tertiary/aromatic N) is 1. The average molecular weight is 330 g/mol. The van der Waals surface area contributed by atoms with E-state index in [1.54, 1.807) is 24.3 Å². The van der Waals surface area contributed by atoms with Gasteiger partial charge >= 0.3 is 6.18 Å². The Bertz CT molecular complexity index is 590. The molecule has 2 rings (SSSR count). The van der Waals surface area contributed by atoms with Crippen LogP contribution in [0, 0.1) is 0 Å². The van der Waals surface area contributed by atoms with Crippen LogP contribution in [0.2, 0.25) is 0 Å². The molecule has 0 spiro atoms. The monoisotopic (exact) mass is 330 g/mol. The average Bonchev–Trinajstić information content (AvgIpc) is 2.69. The zero-order chi connectivity index (χ0) is 17.0. The fourth-order valence-corrected chi connectivity index (χ4v) is 2.48. The summed E-state index contributed by atoms with van der Waals surface area (Å²) < 4.78 is 44.5. The maximum absolute atomic E-state index is 13.2. The summed E-state index contributed by atoms with van der Waals surface area (Å²) in [4.78, 5) is 24.4. The third kappa shape index (κ3) is 4.37. The predicted molar refractivity (Wildman–Crippen MR) is 75.9 cm³/mol. The molecule has 0 unspecified atom stereocenters. The molecule has 8 heteroatoms. The van der Waals surface area contributed by atoms with Gasteiger partial charge in [-0.3, -0.25) is 9.59 Å². The van der Waals surface area contributed by atoms with Crippen LogP contribution in [-0.2, 0) is 16.0 Å². The van der Waals surface area contributed by atoms with Crippen LogP contribution in [0.3, 0.4) is 0 Å². The molecule has 2 amide bonds. The summed E-state index contributed by atoms with van der Waals surface area (Å²) in [5, 5.41) is 2.36. The van der Waals surface area contributed by atoms with E-state index in [1.807, 2.05) is 0 Å². The minimum absolute atomic E-state index is 0.00919. The molecule has 5 nitrogen and oxygen atoms in total. The number of nitrogens with one attached hydrogen (secondary N) is 1. The number of methoxy groups -OCH3 is 1. The second-order valence-electron chi connectivity index (χ2n) is 5.23. The van der Waals surface area contributed by atoms with Crippen molar-refractivity contribution < 1.29 is 27.5 Å². The van der Waals surface area contributed by atoms with Crippen LogP contribution in [0.25, 0.3) is 0 Å². The molecule has 126 valence electrons. The topological polar surface area (TPSA) is 58.6 Å². The van der Waals surface area contributed by atoms with Gasteiger partial charge in [-0.25, -0.2) is 0 Å². The molecule has 1 N–H and O–H groups in total. The molecule has 1 aliphatic rings. The van der Waals surface area contributed by atoms with Crippen molar-refractivity contribution in [3.63, 3.8) is 0 Å². The van der Waals surface area contributed by atoms with Crippen LogP contribution >= 0.6 is 0 Å². The van der Waals surface area contributed by atoms with Gasteiger partial charge < -0.3 is 15.0 Å². The van der Waals surface area contributed by atoms with Crippen LogP contribution in [0.4, 0.5) is 13.2 Å². The van der Waals surface area contributed by atoms with Crippen molar-refractivity contribution in [2.24, 2.45) is 0 Å². The molecule has 0 aromatic heterocycles. The van der Waals surface area contributed by atoms with Crippen LogP contribution in [0.1, 0.15) is 12.0 Å². The molecular formula is C15H17F3N2O3. The lowest BCUT2D eigenvalue weighted by Gasteiger charge is -2.30. The summed E-state index contributed by atoms with van der Waals surface area (Å²) in [5.41, 5.74) is 0.554. The Morgan fingerprint density at radius 2 is 2.17 bits per heavy atom. The fourth-order valence-electron chi connectivity index (χ4n) is 2.48. The van der Waals surface area contributed by atoms with Crippen LogP contribution in [0.15, 0.2) is 24.3 Å². The van der Waals surface area contributed by atoms with E-state index in [9.17, 15) is 22.8 Å². The first-order valence-electron chi connectivity index (χ1n) is 7.07. The Labute approximate surface area is 131 Å². The van der Waals surface area contributed by atoms with Crippen molar-refractivity contribution in [1.29, 1.82) is 0 Å². The molecular weight excluding hydrogens is 313 g/mol. The van der Waals surface area contributed by atoms with Gasteiger partial charge in [-0.1, -0.05) is 12.1 Å². The van der Waals surface area contributed by atoms with E-state index in [1.165, 1.54) is 7.11 Å². The Morgan fingerprint density at radius 1 is 1.43 bits per heavy atom. The highest BCUT2D eigenvalue weighted by Crippen LogP contribution is 2.29. The van der Waals surface area contributed by atoms with Gasteiger partial charge in [0.05, 0.1) is 20.0 Å². The second kappa shape index (κ2) is 6.89. The molecule has 0 saturated carbocycles. The molecule has 1 fully saturated rings. The minimum atomic E-state index is -4.65. The summed E-state index contributed by atoms with van der Waals surface area (Å²) in [5.74, 6) is -0.850. The maximum atomic E-state index is 13.2. The van der Waals surface area contributed by atoms with Gasteiger partial charge in [-0.15, -0.1) is 0 Å². The quantitative estimate of drug-likeness (QED) is 0.914. The summed E-state index contributed by atoms with van der Waals surface area (Å²) >= 11 is 0. The van der Waals surface area contributed by atoms with Gasteiger partial charge in [-0.05, 0) is 17.7 Å². The van der Waals surface area contributed by atoms with Crippen molar-refractivity contribution >= 4 is 11.8 Å². The molecule has 1 saturated heterocycles. The van der Waals surface area contributed by atoms with Crippen molar-refractivity contribution in [2.45, 2.75) is 25.1 Å². The number of alkyl halides is 3. The predicted octanol–water partition coefficient (Wildman–Crippen LogP) is 1.52. The van der Waals surface area contributed by atoms with E-state index < -0.39 is 30.5 Å². The summed E-state index contributed by atoms with van der Waals surface area (Å²) in [6.45, 7) is -0.159. The van der Waals surface area contributed by atoms with E-state index in [-0.39, 0.29) is 19.5 Å². The fraction of sp³-hybridized carbons (Fsp3) is 0.467. The molecule has 0 radical (unpaired) electrons. The number of benzene rings is 1. The highest BCUT2D eigenvalue weighted by atomic mass is 19.4. The van der Waals surface area contributed by atoms with Gasteiger partial charge in [0.15, 0.2) is 0 Å². The summed E-state index contributed by atoms with van der Waals surface area (Å²) in [6.07, 6.45) is -5.60. The van der Waals surface area contributed by atoms with Gasteiger partial charge in [0.1, 0.15) is 11.8 Å². The largest absolute Gasteiger partial charge is 0.497 e. The molecule has 1 atom stereocenters. The third-order valence-electron chi connectivity index (χ3n) is 3.62. The molecule has 23 heavy (non-hydrogen) atoms. The number of hydrogen-bond acceptors (Lipinski definition) is 3. The Hall–Kier alpha value is -2.25. The van der Waals surface area contributed by atoms with Crippen LogP contribution in [-0.4, -0.2) is 49.1 Å². The van der Waals surface area contributed by atoms with Crippen molar-refractivity contribution in [1.82, 2.24) is 10.2 Å². The summed E-state index contributed by atoms with van der Waals surface area (Å²) in [6, 6.07) is 4.49. The lowest BCUT2D eigenvalue weighted by Crippen LogP contribution is -2.49. The van der Waals surface area contributed by atoms with Crippen molar-refractivity contribution in [3.8, 4) is 5.75 Å². The molecule has 1 heterocycles. The minimum Gasteiger partial charge on any atom is -0.497 e. The van der Waals surface area contributed by atoms with Crippen LogP contribution < -0.4 is 10.1 Å². The van der Waals surface area contributed by atoms with Gasteiger partial charge in [0.25, 0.3) is 0 Å². The van der Waals surface area contributed by atoms with E-state index in [0.717, 1.165) is 4.90 Å². The number of amides is 2. The Balaban J connectivity index is 2.18. The standard InChI is InChI=1S/C15H17F3N2O3/c1-23-11-4-2-3-10(7-11)8-14(22)20-6-5-19-13(21)9-12(20)15(16,17)18/h2-4,7,12H,5-6,8-9H2,1H3,(H,19,21)/t12-/m0/s1. The van der Waals surface area contributed by atoms with Gasteiger partial charge in [0.2, 0.25) is 11.8 Å². The maximum Gasteiger partial charge on any atom is 0.409 e. The first kappa shape index (κ1) is 17.1. The van der Waals surface area contributed by atoms with E-state index in [4.69, 9.17) is 4.74 Å². The zero-order valence-corrected chi connectivity index (χ0v) is 12.5. The lowest BCUT2D eigenvalue weighted by atomic mass is 10.1. The Kier molecular flexibility index (Phi) is 5.12. The Morgan fingerprint density at radius 3 is 2.83 bits per heavy atom. The van der Waals surface area contributed by atoms with Crippen molar-refractivity contribution in [3.05, 3.63) is 29.8 Å². The zero-order valence-electron chi connectivity index (χ0n) is 12.5. The summed E-state index contributed by atoms with van der Waals surface area (Å²) in [7, 11) is 1.46. The first-order chi connectivity index (χ1) is 10.8. The SMILES string of the molecule is COc1cccc(CC(=O)N2CCNC(=O)C[C@H]2C(F)(F)F)c1. The lowest BCUT2D eigenvalue weighted by molar-refractivity contribution is -0.190. The number of rotatable bonds is 3. The number of hydrogen-bond donors (Lipinski definition) is 1. The molecule has 0 aliphatic carbocycles. The van der Waals surface area contributed by atoms with Crippen molar-refractivity contribution in [2.75, 3.05) is 20.2 Å². The van der Waals surface area contributed by atoms with E-state index in [2.05, 4.69) is 5.32 Å². The highest BCUT2D eigenvalue weighted by Gasteiger charge is 2.47. The first-order valence-corrected chi connectivity index (χ1v) is 7.07. The van der Waals surface area contributed by atoms with E-state index >= 15 is 0 Å².